The zero-order valence-electron chi connectivity index (χ0n) is 17.5. The van der Waals surface area contributed by atoms with Crippen molar-refractivity contribution < 1.29 is 14.3 Å². The Labute approximate surface area is 180 Å². The van der Waals surface area contributed by atoms with Gasteiger partial charge in [-0.2, -0.15) is 0 Å². The van der Waals surface area contributed by atoms with Crippen LogP contribution in [-0.2, 0) is 9.53 Å². The van der Waals surface area contributed by atoms with Crippen LogP contribution in [0.4, 0.5) is 4.79 Å². The van der Waals surface area contributed by atoms with Crippen molar-refractivity contribution in [3.63, 3.8) is 0 Å². The number of guanidine groups is 1. The van der Waals surface area contributed by atoms with Gasteiger partial charge in [-0.05, 0) is 34.1 Å². The molecule has 9 heteroatoms. The number of amides is 2. The van der Waals surface area contributed by atoms with Crippen LogP contribution in [-0.4, -0.2) is 79.2 Å². The Bertz CT molecular complexity index is 508. The van der Waals surface area contributed by atoms with E-state index in [4.69, 9.17) is 4.74 Å². The zero-order chi connectivity index (χ0) is 19.7. The molecule has 2 N–H and O–H groups in total. The van der Waals surface area contributed by atoms with Gasteiger partial charge in [0.2, 0.25) is 5.91 Å². The summed E-state index contributed by atoms with van der Waals surface area (Å²) in [5, 5.41) is 6.59. The van der Waals surface area contributed by atoms with Crippen molar-refractivity contribution >= 4 is 41.9 Å². The zero-order valence-corrected chi connectivity index (χ0v) is 19.8. The fraction of sp³-hybridized carbons (Fsp3) is 0.833. The Morgan fingerprint density at radius 3 is 2.52 bits per heavy atom. The Hall–Kier alpha value is -1.26. The number of hydrogen-bond acceptors (Lipinski definition) is 4. The van der Waals surface area contributed by atoms with Crippen LogP contribution < -0.4 is 10.6 Å². The van der Waals surface area contributed by atoms with E-state index in [0.29, 0.717) is 32.0 Å². The van der Waals surface area contributed by atoms with Crippen molar-refractivity contribution in [1.82, 2.24) is 20.4 Å². The number of likely N-dealkylation sites (N-methyl/N-ethyl adjacent to an activating group) is 1. The summed E-state index contributed by atoms with van der Waals surface area (Å²) in [6.45, 7) is 12.6. The molecule has 1 unspecified atom stereocenters. The van der Waals surface area contributed by atoms with Crippen molar-refractivity contribution in [3.05, 3.63) is 0 Å². The van der Waals surface area contributed by atoms with Crippen LogP contribution in [0.3, 0.4) is 0 Å². The summed E-state index contributed by atoms with van der Waals surface area (Å²) < 4.78 is 5.33. The fourth-order valence-electron chi connectivity index (χ4n) is 2.58. The number of ether oxygens (including phenoxy) is 1. The van der Waals surface area contributed by atoms with Crippen LogP contribution in [0.1, 0.15) is 47.5 Å². The molecule has 8 nitrogen and oxygen atoms in total. The van der Waals surface area contributed by atoms with Gasteiger partial charge < -0.3 is 25.2 Å². The smallest absolute Gasteiger partial charge is 0.410 e. The quantitative estimate of drug-likeness (QED) is 0.333. The highest BCUT2D eigenvalue weighted by Crippen LogP contribution is 2.10. The lowest BCUT2D eigenvalue weighted by atomic mass is 10.2. The molecule has 1 atom stereocenters. The van der Waals surface area contributed by atoms with Crippen LogP contribution in [0.15, 0.2) is 4.99 Å². The molecule has 1 saturated heterocycles. The molecule has 0 spiro atoms. The highest BCUT2D eigenvalue weighted by molar-refractivity contribution is 14.0. The number of likely N-dealkylation sites (tertiary alicyclic amines) is 1. The molecule has 158 valence electrons. The summed E-state index contributed by atoms with van der Waals surface area (Å²) in [5.41, 5.74) is -0.505. The maximum atomic E-state index is 12.0. The van der Waals surface area contributed by atoms with Gasteiger partial charge in [0.05, 0.1) is 6.54 Å². The molecule has 0 radical (unpaired) electrons. The van der Waals surface area contributed by atoms with Gasteiger partial charge in [0.15, 0.2) is 5.96 Å². The van der Waals surface area contributed by atoms with Crippen LogP contribution in [0.25, 0.3) is 0 Å². The normalized spacial score (nSPS) is 17.2. The molecule has 0 bridgehead atoms. The topological polar surface area (TPSA) is 86.3 Å². The van der Waals surface area contributed by atoms with Crippen molar-refractivity contribution in [2.75, 3.05) is 39.8 Å². The molecule has 1 aliphatic heterocycles. The first kappa shape index (κ1) is 25.7. The van der Waals surface area contributed by atoms with E-state index in [0.717, 1.165) is 19.5 Å². The first-order chi connectivity index (χ1) is 12.2. The second-order valence-corrected chi connectivity index (χ2v) is 7.49. The molecular weight excluding hydrogens is 461 g/mol. The summed E-state index contributed by atoms with van der Waals surface area (Å²) in [5.74, 6) is 0.899. The fourth-order valence-corrected chi connectivity index (χ4v) is 2.58. The first-order valence-electron chi connectivity index (χ1n) is 9.43. The number of carbonyl (C=O) groups is 2. The van der Waals surface area contributed by atoms with E-state index in [1.807, 2.05) is 39.5 Å². The Morgan fingerprint density at radius 1 is 1.30 bits per heavy atom. The number of nitrogens with one attached hydrogen (secondary N) is 2. The summed E-state index contributed by atoms with van der Waals surface area (Å²) in [6.07, 6.45) is 1.10. The Balaban J connectivity index is 0.00000676. The maximum Gasteiger partial charge on any atom is 0.410 e. The Morgan fingerprint density at radius 2 is 1.96 bits per heavy atom. The average molecular weight is 497 g/mol. The predicted molar refractivity (Wildman–Crippen MR) is 119 cm³/mol. The van der Waals surface area contributed by atoms with Gasteiger partial charge in [-0.3, -0.25) is 9.79 Å². The molecule has 27 heavy (non-hydrogen) atoms. The summed E-state index contributed by atoms with van der Waals surface area (Å²) >= 11 is 0. The standard InChI is InChI=1S/C18H35N5O3.HI/c1-7-15(24)23-11-9-14(13-23)21-16(19-8-2)20-10-12-22(6)17(25)26-18(3,4)5;/h14H,7-13H2,1-6H3,(H2,19,20,21);1H. The molecule has 2 amide bonds. The van der Waals surface area contributed by atoms with Crippen LogP contribution in [0.5, 0.6) is 0 Å². The predicted octanol–water partition coefficient (Wildman–Crippen LogP) is 2.04. The third-order valence-electron chi connectivity index (χ3n) is 3.94. The second kappa shape index (κ2) is 12.2. The average Bonchev–Trinajstić information content (AvgIpc) is 3.01. The largest absolute Gasteiger partial charge is 0.444 e. The maximum absolute atomic E-state index is 12.0. The van der Waals surface area contributed by atoms with Gasteiger partial charge in [0, 0.05) is 45.7 Å². The Kier molecular flexibility index (Phi) is 11.7. The lowest BCUT2D eigenvalue weighted by Crippen LogP contribution is -2.45. The van der Waals surface area contributed by atoms with Gasteiger partial charge in [-0.1, -0.05) is 6.92 Å². The molecule has 0 aromatic carbocycles. The first-order valence-corrected chi connectivity index (χ1v) is 9.43. The van der Waals surface area contributed by atoms with E-state index >= 15 is 0 Å². The SMILES string of the molecule is CCNC(=NCCN(C)C(=O)OC(C)(C)C)NC1CCN(C(=O)CC)C1.I. The van der Waals surface area contributed by atoms with E-state index in [-0.39, 0.29) is 42.0 Å². The van der Waals surface area contributed by atoms with E-state index < -0.39 is 5.60 Å². The summed E-state index contributed by atoms with van der Waals surface area (Å²) in [6, 6.07) is 0.201. The number of carbonyl (C=O) groups excluding carboxylic acids is 2. The van der Waals surface area contributed by atoms with Gasteiger partial charge in [0.25, 0.3) is 0 Å². The van der Waals surface area contributed by atoms with Crippen molar-refractivity contribution in [2.24, 2.45) is 4.99 Å². The van der Waals surface area contributed by atoms with Gasteiger partial charge >= 0.3 is 6.09 Å². The van der Waals surface area contributed by atoms with Crippen molar-refractivity contribution in [3.8, 4) is 0 Å². The summed E-state index contributed by atoms with van der Waals surface area (Å²) in [7, 11) is 1.70. The van der Waals surface area contributed by atoms with E-state index in [1.165, 1.54) is 4.90 Å². The molecule has 1 aliphatic rings. The van der Waals surface area contributed by atoms with Crippen molar-refractivity contribution in [2.45, 2.75) is 59.1 Å². The van der Waals surface area contributed by atoms with Crippen LogP contribution in [0, 0.1) is 0 Å². The number of rotatable bonds is 6. The molecule has 1 rings (SSSR count). The van der Waals surface area contributed by atoms with Crippen LogP contribution in [0.2, 0.25) is 0 Å². The lowest BCUT2D eigenvalue weighted by molar-refractivity contribution is -0.129. The third-order valence-corrected chi connectivity index (χ3v) is 3.94. The van der Waals surface area contributed by atoms with Gasteiger partial charge in [-0.15, -0.1) is 24.0 Å². The minimum absolute atomic E-state index is 0. The van der Waals surface area contributed by atoms with Crippen LogP contribution >= 0.6 is 24.0 Å². The number of aliphatic imine (C=N–C) groups is 1. The number of hydrogen-bond donors (Lipinski definition) is 2. The summed E-state index contributed by atoms with van der Waals surface area (Å²) in [4.78, 5) is 31.7. The third kappa shape index (κ3) is 10.0. The number of halogens is 1. The van der Waals surface area contributed by atoms with E-state index in [1.54, 1.807) is 7.05 Å². The molecule has 1 fully saturated rings. The minimum atomic E-state index is -0.505. The molecule has 1 heterocycles. The lowest BCUT2D eigenvalue weighted by Gasteiger charge is -2.24. The highest BCUT2D eigenvalue weighted by atomic mass is 127. The molecule has 0 aromatic rings. The van der Waals surface area contributed by atoms with Gasteiger partial charge in [0.1, 0.15) is 5.60 Å². The highest BCUT2D eigenvalue weighted by Gasteiger charge is 2.25. The monoisotopic (exact) mass is 497 g/mol. The molecule has 0 aliphatic carbocycles. The molecular formula is C18H36IN5O3. The molecule has 0 saturated carbocycles. The van der Waals surface area contributed by atoms with Crippen molar-refractivity contribution in [1.29, 1.82) is 0 Å². The minimum Gasteiger partial charge on any atom is -0.444 e. The van der Waals surface area contributed by atoms with E-state index in [9.17, 15) is 9.59 Å². The van der Waals surface area contributed by atoms with E-state index in [2.05, 4.69) is 15.6 Å². The second-order valence-electron chi connectivity index (χ2n) is 7.49. The number of nitrogens with zero attached hydrogens (tertiary/aromatic N) is 3. The molecule has 0 aromatic heterocycles. The van der Waals surface area contributed by atoms with Gasteiger partial charge in [-0.25, -0.2) is 4.79 Å².